The molecule has 0 atom stereocenters. The summed E-state index contributed by atoms with van der Waals surface area (Å²) in [5.74, 6) is 1.30. The lowest BCUT2D eigenvalue weighted by atomic mass is 10.2. The van der Waals surface area contributed by atoms with Gasteiger partial charge in [-0.3, -0.25) is 0 Å². The first kappa shape index (κ1) is 12.5. The number of aryl methyl sites for hydroxylation is 1. The van der Waals surface area contributed by atoms with Crippen molar-refractivity contribution in [3.05, 3.63) is 41.0 Å². The molecule has 18 heavy (non-hydrogen) atoms. The van der Waals surface area contributed by atoms with Crippen molar-refractivity contribution in [3.63, 3.8) is 0 Å². The van der Waals surface area contributed by atoms with Crippen LogP contribution >= 0.6 is 11.6 Å². The van der Waals surface area contributed by atoms with E-state index in [1.807, 2.05) is 13.0 Å². The second kappa shape index (κ2) is 5.14. The molecule has 3 N–H and O–H groups in total. The van der Waals surface area contributed by atoms with Gasteiger partial charge in [0.25, 0.3) is 0 Å². The van der Waals surface area contributed by atoms with Crippen molar-refractivity contribution in [1.29, 1.82) is 0 Å². The van der Waals surface area contributed by atoms with Crippen LogP contribution in [0.1, 0.15) is 5.69 Å². The van der Waals surface area contributed by atoms with E-state index in [0.29, 0.717) is 28.0 Å². The highest BCUT2D eigenvalue weighted by Gasteiger charge is 2.06. The fourth-order valence-corrected chi connectivity index (χ4v) is 1.69. The molecular weight excluding hydrogens is 250 g/mol. The third kappa shape index (κ3) is 2.65. The molecule has 0 unspecified atom stereocenters. The van der Waals surface area contributed by atoms with Crippen LogP contribution in [0.5, 0.6) is 5.75 Å². The van der Waals surface area contributed by atoms with E-state index < -0.39 is 0 Å². The van der Waals surface area contributed by atoms with Gasteiger partial charge in [0.2, 0.25) is 0 Å². The third-order valence-corrected chi connectivity index (χ3v) is 2.82. The molecule has 0 fully saturated rings. The molecule has 5 heteroatoms. The summed E-state index contributed by atoms with van der Waals surface area (Å²) in [4.78, 5) is 4.33. The molecule has 2 aromatic rings. The Hall–Kier alpha value is -1.94. The van der Waals surface area contributed by atoms with Crippen molar-refractivity contribution in [2.24, 2.45) is 0 Å². The van der Waals surface area contributed by atoms with Crippen LogP contribution in [-0.4, -0.2) is 12.1 Å². The zero-order chi connectivity index (χ0) is 13.1. The van der Waals surface area contributed by atoms with Gasteiger partial charge in [-0.15, -0.1) is 0 Å². The predicted molar refractivity (Wildman–Crippen MR) is 74.7 cm³/mol. The number of anilines is 3. The Balaban J connectivity index is 2.36. The van der Waals surface area contributed by atoms with Gasteiger partial charge in [0, 0.05) is 11.8 Å². The highest BCUT2D eigenvalue weighted by Crippen LogP contribution is 2.30. The minimum Gasteiger partial charge on any atom is -0.497 e. The average Bonchev–Trinajstić information content (AvgIpc) is 2.36. The van der Waals surface area contributed by atoms with E-state index in [0.717, 1.165) is 5.69 Å². The summed E-state index contributed by atoms with van der Waals surface area (Å²) in [6, 6.07) is 9.01. The zero-order valence-electron chi connectivity index (χ0n) is 10.2. The van der Waals surface area contributed by atoms with Crippen LogP contribution in [0.4, 0.5) is 17.2 Å². The molecular formula is C13H14ClN3O. The Bertz CT molecular complexity index is 572. The van der Waals surface area contributed by atoms with E-state index in [1.54, 1.807) is 31.4 Å². The molecule has 0 aliphatic rings. The Morgan fingerprint density at radius 3 is 2.78 bits per heavy atom. The monoisotopic (exact) mass is 263 g/mol. The fourth-order valence-electron chi connectivity index (χ4n) is 1.52. The normalized spacial score (nSPS) is 10.2. The van der Waals surface area contributed by atoms with Crippen LogP contribution < -0.4 is 15.8 Å². The maximum Gasteiger partial charge on any atom is 0.153 e. The highest BCUT2D eigenvalue weighted by molar-refractivity contribution is 6.33. The molecule has 94 valence electrons. The molecule has 1 heterocycles. The third-order valence-electron chi connectivity index (χ3n) is 2.49. The first-order valence-corrected chi connectivity index (χ1v) is 5.81. The Morgan fingerprint density at radius 2 is 2.06 bits per heavy atom. The van der Waals surface area contributed by atoms with E-state index in [2.05, 4.69) is 10.3 Å². The van der Waals surface area contributed by atoms with Gasteiger partial charge in [-0.25, -0.2) is 4.98 Å². The molecule has 0 spiro atoms. The number of halogens is 1. The average molecular weight is 264 g/mol. The zero-order valence-corrected chi connectivity index (χ0v) is 11.0. The highest BCUT2D eigenvalue weighted by atomic mass is 35.5. The molecule has 0 aliphatic carbocycles. The Labute approximate surface area is 111 Å². The van der Waals surface area contributed by atoms with Gasteiger partial charge in [-0.2, -0.15) is 0 Å². The summed E-state index contributed by atoms with van der Waals surface area (Å²) in [7, 11) is 1.60. The second-order valence-electron chi connectivity index (χ2n) is 3.86. The van der Waals surface area contributed by atoms with Gasteiger partial charge < -0.3 is 15.8 Å². The summed E-state index contributed by atoms with van der Waals surface area (Å²) < 4.78 is 5.15. The van der Waals surface area contributed by atoms with Crippen LogP contribution in [0.15, 0.2) is 30.3 Å². The number of nitrogens with one attached hydrogen (secondary N) is 1. The van der Waals surface area contributed by atoms with Gasteiger partial charge in [-0.05, 0) is 31.2 Å². The number of hydrogen-bond acceptors (Lipinski definition) is 4. The van der Waals surface area contributed by atoms with Crippen LogP contribution in [-0.2, 0) is 0 Å². The number of pyridine rings is 1. The van der Waals surface area contributed by atoms with Gasteiger partial charge in [0.1, 0.15) is 5.75 Å². The Kier molecular flexibility index (Phi) is 3.58. The SMILES string of the molecule is COc1ccc(Cl)c(Nc2nc(C)ccc2N)c1. The molecule has 0 saturated carbocycles. The number of aromatic nitrogens is 1. The molecule has 1 aromatic heterocycles. The maximum absolute atomic E-state index is 6.11. The lowest BCUT2D eigenvalue weighted by Gasteiger charge is -2.11. The van der Waals surface area contributed by atoms with Gasteiger partial charge in [0.15, 0.2) is 5.82 Å². The minimum absolute atomic E-state index is 0.569. The molecule has 2 rings (SSSR count). The second-order valence-corrected chi connectivity index (χ2v) is 4.27. The molecule has 0 bridgehead atoms. The molecule has 1 aromatic carbocycles. The number of nitrogens with zero attached hydrogens (tertiary/aromatic N) is 1. The van der Waals surface area contributed by atoms with Crippen LogP contribution in [0.2, 0.25) is 5.02 Å². The number of benzene rings is 1. The van der Waals surface area contributed by atoms with E-state index >= 15 is 0 Å². The minimum atomic E-state index is 0.569. The fraction of sp³-hybridized carbons (Fsp3) is 0.154. The van der Waals surface area contributed by atoms with Crippen molar-refractivity contribution in [1.82, 2.24) is 4.98 Å². The number of methoxy groups -OCH3 is 1. The van der Waals surface area contributed by atoms with E-state index in [1.165, 1.54) is 0 Å². The van der Waals surface area contributed by atoms with Gasteiger partial charge >= 0.3 is 0 Å². The molecule has 0 amide bonds. The van der Waals surface area contributed by atoms with Crippen molar-refractivity contribution < 1.29 is 4.74 Å². The summed E-state index contributed by atoms with van der Waals surface area (Å²) in [5.41, 5.74) is 8.02. The standard InChI is InChI=1S/C13H14ClN3O/c1-8-3-6-11(15)13(16-8)17-12-7-9(18-2)4-5-10(12)14/h3-7H,15H2,1-2H3,(H,16,17). The topological polar surface area (TPSA) is 60.2 Å². The van der Waals surface area contributed by atoms with Crippen LogP contribution in [0, 0.1) is 6.92 Å². The summed E-state index contributed by atoms with van der Waals surface area (Å²) in [5, 5.41) is 3.69. The number of hydrogen-bond donors (Lipinski definition) is 2. The largest absolute Gasteiger partial charge is 0.497 e. The molecule has 4 nitrogen and oxygen atoms in total. The quantitative estimate of drug-likeness (QED) is 0.891. The van der Waals surface area contributed by atoms with E-state index in [-0.39, 0.29) is 0 Å². The first-order chi connectivity index (χ1) is 8.60. The van der Waals surface area contributed by atoms with Gasteiger partial charge in [0.05, 0.1) is 23.5 Å². The molecule has 0 radical (unpaired) electrons. The van der Waals surface area contributed by atoms with Crippen LogP contribution in [0.25, 0.3) is 0 Å². The summed E-state index contributed by atoms with van der Waals surface area (Å²) in [6.07, 6.45) is 0. The Morgan fingerprint density at radius 1 is 1.28 bits per heavy atom. The van der Waals surface area contributed by atoms with Crippen molar-refractivity contribution >= 4 is 28.8 Å². The lowest BCUT2D eigenvalue weighted by molar-refractivity contribution is 0.415. The lowest BCUT2D eigenvalue weighted by Crippen LogP contribution is -2.01. The van der Waals surface area contributed by atoms with Crippen LogP contribution in [0.3, 0.4) is 0 Å². The first-order valence-electron chi connectivity index (χ1n) is 5.44. The van der Waals surface area contributed by atoms with Gasteiger partial charge in [-0.1, -0.05) is 11.6 Å². The number of nitrogen functional groups attached to an aromatic ring is 1. The van der Waals surface area contributed by atoms with E-state index in [9.17, 15) is 0 Å². The van der Waals surface area contributed by atoms with E-state index in [4.69, 9.17) is 22.1 Å². The summed E-state index contributed by atoms with van der Waals surface area (Å²) >= 11 is 6.11. The molecule has 0 aliphatic heterocycles. The smallest absolute Gasteiger partial charge is 0.153 e. The number of rotatable bonds is 3. The molecule has 0 saturated heterocycles. The van der Waals surface area contributed by atoms with Crippen molar-refractivity contribution in [2.75, 3.05) is 18.2 Å². The predicted octanol–water partition coefficient (Wildman–Crippen LogP) is 3.38. The number of ether oxygens (including phenoxy) is 1. The number of nitrogens with two attached hydrogens (primary N) is 1. The maximum atomic E-state index is 6.11. The summed E-state index contributed by atoms with van der Waals surface area (Å²) in [6.45, 7) is 1.90. The van der Waals surface area contributed by atoms with Crippen molar-refractivity contribution in [3.8, 4) is 5.75 Å². The van der Waals surface area contributed by atoms with Crippen molar-refractivity contribution in [2.45, 2.75) is 6.92 Å².